The van der Waals surface area contributed by atoms with Crippen LogP contribution in [0.25, 0.3) is 0 Å². The smallest absolute Gasteiger partial charge is 0.348 e. The van der Waals surface area contributed by atoms with Crippen LogP contribution in [0.3, 0.4) is 0 Å². The van der Waals surface area contributed by atoms with Crippen molar-refractivity contribution in [2.45, 2.75) is 70.6 Å². The quantitative estimate of drug-likeness (QED) is 0.188. The molecule has 0 saturated heterocycles. The number of methoxy groups -OCH3 is 1. The molecule has 12 nitrogen and oxygen atoms in total. The Bertz CT molecular complexity index is 1500. The molecule has 0 atom stereocenters. The summed E-state index contributed by atoms with van der Waals surface area (Å²) >= 11 is 2.20. The molecule has 0 aliphatic heterocycles. The first-order valence-corrected chi connectivity index (χ1v) is 16.3. The molecule has 2 amide bonds. The van der Waals surface area contributed by atoms with Gasteiger partial charge < -0.3 is 29.4 Å². The van der Waals surface area contributed by atoms with Crippen LogP contribution in [-0.4, -0.2) is 64.6 Å². The van der Waals surface area contributed by atoms with E-state index in [1.165, 1.54) is 11.8 Å². The van der Waals surface area contributed by atoms with Gasteiger partial charge in [-0.25, -0.2) is 9.59 Å². The minimum Gasteiger partial charge on any atom is -0.497 e. The van der Waals surface area contributed by atoms with Crippen LogP contribution in [0.5, 0.6) is 5.75 Å². The molecule has 0 spiro atoms. The van der Waals surface area contributed by atoms with Crippen LogP contribution >= 0.6 is 23.1 Å². The number of hydrogen-bond donors (Lipinski definition) is 2. The highest BCUT2D eigenvalue weighted by Gasteiger charge is 2.28. The maximum atomic E-state index is 13.1. The zero-order valence-corrected chi connectivity index (χ0v) is 26.9. The zero-order valence-electron chi connectivity index (χ0n) is 25.3. The van der Waals surface area contributed by atoms with Crippen molar-refractivity contribution >= 4 is 51.9 Å². The highest BCUT2D eigenvalue weighted by molar-refractivity contribution is 7.99. The molecule has 3 aromatic rings. The lowest BCUT2D eigenvalue weighted by molar-refractivity contribution is -0.113. The lowest BCUT2D eigenvalue weighted by Gasteiger charge is -2.25. The van der Waals surface area contributed by atoms with Crippen molar-refractivity contribution in [1.29, 1.82) is 0 Å². The van der Waals surface area contributed by atoms with E-state index in [4.69, 9.17) is 14.2 Å². The Balaban J connectivity index is 1.49. The summed E-state index contributed by atoms with van der Waals surface area (Å²) in [6, 6.07) is 7.05. The van der Waals surface area contributed by atoms with Crippen molar-refractivity contribution in [1.82, 2.24) is 20.1 Å². The van der Waals surface area contributed by atoms with E-state index < -0.39 is 11.9 Å². The van der Waals surface area contributed by atoms with Crippen LogP contribution in [-0.2, 0) is 20.8 Å². The lowest BCUT2D eigenvalue weighted by atomic mass is 9.95. The lowest BCUT2D eigenvalue weighted by Crippen LogP contribution is -2.26. The molecule has 1 aliphatic rings. The molecule has 2 N–H and O–H groups in total. The number of ether oxygens (including phenoxy) is 3. The Kier molecular flexibility index (Phi) is 11.8. The Morgan fingerprint density at radius 2 is 1.77 bits per heavy atom. The summed E-state index contributed by atoms with van der Waals surface area (Å²) in [6.07, 6.45) is 5.19. The number of aromatic nitrogens is 3. The van der Waals surface area contributed by atoms with Gasteiger partial charge in [-0.3, -0.25) is 9.59 Å². The van der Waals surface area contributed by atoms with Gasteiger partial charge in [-0.05, 0) is 57.4 Å². The van der Waals surface area contributed by atoms with Gasteiger partial charge in [0.2, 0.25) is 5.91 Å². The highest BCUT2D eigenvalue weighted by atomic mass is 32.2. The van der Waals surface area contributed by atoms with Crippen molar-refractivity contribution in [3.63, 3.8) is 0 Å². The molecule has 44 heavy (non-hydrogen) atoms. The predicted molar refractivity (Wildman–Crippen MR) is 167 cm³/mol. The summed E-state index contributed by atoms with van der Waals surface area (Å²) < 4.78 is 17.6. The number of nitrogens with one attached hydrogen (secondary N) is 2. The van der Waals surface area contributed by atoms with E-state index in [-0.39, 0.29) is 58.8 Å². The largest absolute Gasteiger partial charge is 0.497 e. The van der Waals surface area contributed by atoms with Gasteiger partial charge in [0, 0.05) is 11.6 Å². The first kappa shape index (κ1) is 33.0. The third-order valence-corrected chi connectivity index (χ3v) is 9.22. The molecule has 1 saturated carbocycles. The summed E-state index contributed by atoms with van der Waals surface area (Å²) in [5, 5.41) is 15.2. The van der Waals surface area contributed by atoms with Gasteiger partial charge in [0.15, 0.2) is 11.0 Å². The number of benzene rings is 1. The van der Waals surface area contributed by atoms with Gasteiger partial charge in [-0.2, -0.15) is 0 Å². The fourth-order valence-electron chi connectivity index (χ4n) is 4.99. The molecule has 1 fully saturated rings. The average Bonchev–Trinajstić information content (AvgIpc) is 3.59. The SMILES string of the molecule is CCOC(=O)c1sc(NC(=O)CSc2nnc(CNC(=O)c3cccc(OC)c3)n2C2CCCCC2)c(C(=O)OCC)c1C. The summed E-state index contributed by atoms with van der Waals surface area (Å²) in [6.45, 7) is 5.49. The molecule has 1 aliphatic carbocycles. The molecule has 0 radical (unpaired) electrons. The van der Waals surface area contributed by atoms with Crippen LogP contribution in [0.2, 0.25) is 0 Å². The Morgan fingerprint density at radius 1 is 1.05 bits per heavy atom. The minimum absolute atomic E-state index is 0.0189. The topological polar surface area (TPSA) is 151 Å². The molecule has 0 bridgehead atoms. The number of amides is 2. The number of thioether (sulfide) groups is 1. The molecule has 236 valence electrons. The number of carbonyl (C=O) groups is 4. The summed E-state index contributed by atoms with van der Waals surface area (Å²) in [5.74, 6) is -0.670. The van der Waals surface area contributed by atoms with E-state index in [0.29, 0.717) is 27.9 Å². The second-order valence-electron chi connectivity index (χ2n) is 10.0. The van der Waals surface area contributed by atoms with Gasteiger partial charge >= 0.3 is 11.9 Å². The van der Waals surface area contributed by atoms with Crippen molar-refractivity contribution in [2.24, 2.45) is 0 Å². The zero-order chi connectivity index (χ0) is 31.6. The van der Waals surface area contributed by atoms with E-state index in [2.05, 4.69) is 20.8 Å². The number of esters is 2. The van der Waals surface area contributed by atoms with Crippen LogP contribution in [0.4, 0.5) is 5.00 Å². The van der Waals surface area contributed by atoms with E-state index >= 15 is 0 Å². The van der Waals surface area contributed by atoms with Gasteiger partial charge in [-0.1, -0.05) is 37.1 Å². The Labute approximate surface area is 264 Å². The van der Waals surface area contributed by atoms with Gasteiger partial charge in [0.25, 0.3) is 5.91 Å². The Hall–Kier alpha value is -3.91. The average molecular weight is 644 g/mol. The first-order chi connectivity index (χ1) is 21.3. The van der Waals surface area contributed by atoms with Crippen molar-refractivity contribution in [3.8, 4) is 5.75 Å². The maximum absolute atomic E-state index is 13.1. The monoisotopic (exact) mass is 643 g/mol. The molecule has 4 rings (SSSR count). The van der Waals surface area contributed by atoms with Crippen LogP contribution in [0.15, 0.2) is 29.4 Å². The molecule has 14 heteroatoms. The Morgan fingerprint density at radius 3 is 2.48 bits per heavy atom. The van der Waals surface area contributed by atoms with E-state index in [1.807, 2.05) is 4.57 Å². The third kappa shape index (κ3) is 7.97. The van der Waals surface area contributed by atoms with Crippen LogP contribution in [0.1, 0.15) is 93.8 Å². The van der Waals surface area contributed by atoms with Gasteiger partial charge in [0.1, 0.15) is 15.6 Å². The summed E-state index contributed by atoms with van der Waals surface area (Å²) in [4.78, 5) is 51.4. The molecule has 1 aromatic carbocycles. The normalized spacial score (nSPS) is 13.3. The predicted octanol–water partition coefficient (Wildman–Crippen LogP) is 5.18. The molecular weight excluding hydrogens is 606 g/mol. The van der Waals surface area contributed by atoms with Gasteiger partial charge in [-0.15, -0.1) is 21.5 Å². The van der Waals surface area contributed by atoms with Crippen molar-refractivity contribution in [3.05, 3.63) is 51.7 Å². The number of rotatable bonds is 13. The fourth-order valence-corrected chi connectivity index (χ4v) is 6.92. The van der Waals surface area contributed by atoms with E-state index in [1.54, 1.807) is 52.1 Å². The standard InChI is InChI=1S/C30H37N5O7S2/c1-5-41-28(38)24-18(3)25(29(39)42-6-2)44-27(24)32-23(36)17-43-30-34-33-22(35(30)20-12-8-7-9-13-20)16-31-26(37)19-11-10-14-21(15-19)40-4/h10-11,14-15,20H,5-9,12-13,16-17H2,1-4H3,(H,31,37)(H,32,36). The number of thiophene rings is 1. The van der Waals surface area contributed by atoms with Crippen LogP contribution < -0.4 is 15.4 Å². The summed E-state index contributed by atoms with van der Waals surface area (Å²) in [5.41, 5.74) is 1.00. The maximum Gasteiger partial charge on any atom is 0.348 e. The van der Waals surface area contributed by atoms with E-state index in [9.17, 15) is 19.2 Å². The van der Waals surface area contributed by atoms with Crippen molar-refractivity contribution in [2.75, 3.05) is 31.4 Å². The summed E-state index contributed by atoms with van der Waals surface area (Å²) in [7, 11) is 1.55. The number of anilines is 1. The van der Waals surface area contributed by atoms with Gasteiger partial charge in [0.05, 0.1) is 38.2 Å². The molecule has 2 heterocycles. The number of hydrogen-bond acceptors (Lipinski definition) is 11. The van der Waals surface area contributed by atoms with Crippen LogP contribution in [0, 0.1) is 6.92 Å². The molecule has 0 unspecified atom stereocenters. The van der Waals surface area contributed by atoms with E-state index in [0.717, 1.165) is 43.4 Å². The second-order valence-corrected chi connectivity index (χ2v) is 12.0. The number of nitrogens with zero attached hydrogens (tertiary/aromatic N) is 3. The third-order valence-electron chi connectivity index (χ3n) is 7.09. The molecule has 2 aromatic heterocycles. The minimum atomic E-state index is -0.627. The molecular formula is C30H37N5O7S2. The first-order valence-electron chi connectivity index (χ1n) is 14.5. The number of carbonyl (C=O) groups excluding carboxylic acids is 4. The second kappa shape index (κ2) is 15.7. The van der Waals surface area contributed by atoms with Crippen molar-refractivity contribution < 1.29 is 33.4 Å². The fraction of sp³-hybridized carbons (Fsp3) is 0.467. The highest BCUT2D eigenvalue weighted by Crippen LogP contribution is 2.35.